The summed E-state index contributed by atoms with van der Waals surface area (Å²) in [6.45, 7) is 4.26. The fraction of sp³-hybridized carbons (Fsp3) is 0.400. The van der Waals surface area contributed by atoms with Crippen molar-refractivity contribution in [3.8, 4) is 11.5 Å². The summed E-state index contributed by atoms with van der Waals surface area (Å²) in [7, 11) is -4.43. The number of benzene rings is 3. The minimum absolute atomic E-state index is 0.208. The molecule has 188 valence electrons. The molecule has 3 aliphatic rings. The van der Waals surface area contributed by atoms with Crippen molar-refractivity contribution in [3.05, 3.63) is 94.5 Å². The summed E-state index contributed by atoms with van der Waals surface area (Å²) in [5.41, 5.74) is 4.98. The molecule has 1 fully saturated rings. The topological polar surface area (TPSA) is 65.0 Å². The second-order valence-electron chi connectivity index (χ2n) is 11.0. The van der Waals surface area contributed by atoms with Gasteiger partial charge in [-0.3, -0.25) is 9.42 Å². The van der Waals surface area contributed by atoms with Gasteiger partial charge in [-0.1, -0.05) is 60.7 Å². The van der Waals surface area contributed by atoms with Crippen LogP contribution in [0.5, 0.6) is 11.5 Å². The maximum Gasteiger partial charge on any atom is 0.528 e. The predicted octanol–water partition coefficient (Wildman–Crippen LogP) is 7.63. The van der Waals surface area contributed by atoms with Gasteiger partial charge in [-0.2, -0.15) is 0 Å². The van der Waals surface area contributed by atoms with E-state index in [4.69, 9.17) is 13.8 Å². The normalized spacial score (nSPS) is 23.8. The monoisotopic (exact) mass is 504 g/mol. The molecular formula is C30H33O5P. The Morgan fingerprint density at radius 1 is 1.03 bits per heavy atom. The molecular weight excluding hydrogens is 471 g/mol. The molecule has 2 aliphatic carbocycles. The van der Waals surface area contributed by atoms with Gasteiger partial charge in [0.25, 0.3) is 0 Å². The van der Waals surface area contributed by atoms with E-state index >= 15 is 0 Å². The van der Waals surface area contributed by atoms with Gasteiger partial charge in [-0.05, 0) is 80.5 Å². The number of hydrogen-bond acceptors (Lipinski definition) is 4. The van der Waals surface area contributed by atoms with Crippen molar-refractivity contribution in [3.63, 3.8) is 0 Å². The van der Waals surface area contributed by atoms with Crippen LogP contribution in [-0.2, 0) is 21.9 Å². The first kappa shape index (κ1) is 23.8. The first-order chi connectivity index (χ1) is 17.3. The number of aryl methyl sites for hydroxylation is 1. The van der Waals surface area contributed by atoms with E-state index < -0.39 is 13.9 Å². The Hall–Kier alpha value is -2.59. The lowest BCUT2D eigenvalue weighted by Gasteiger charge is -2.36. The molecule has 0 aromatic heterocycles. The van der Waals surface area contributed by atoms with Crippen LogP contribution in [0.1, 0.15) is 85.3 Å². The fourth-order valence-corrected chi connectivity index (χ4v) is 7.19. The molecule has 1 heterocycles. The van der Waals surface area contributed by atoms with E-state index in [0.717, 1.165) is 60.1 Å². The molecule has 6 heteroatoms. The lowest BCUT2D eigenvalue weighted by molar-refractivity contribution is 0.0824. The molecule has 0 radical (unpaired) electrons. The van der Waals surface area contributed by atoms with Crippen molar-refractivity contribution in [1.29, 1.82) is 0 Å². The number of ether oxygens (including phenoxy) is 1. The number of phosphoric acid groups is 1. The van der Waals surface area contributed by atoms with E-state index in [1.807, 2.05) is 66.7 Å². The largest absolute Gasteiger partial charge is 0.528 e. The smallest absolute Gasteiger partial charge is 0.487 e. The highest BCUT2D eigenvalue weighted by Gasteiger charge is 2.45. The zero-order chi connectivity index (χ0) is 24.9. The van der Waals surface area contributed by atoms with Gasteiger partial charge in [-0.25, -0.2) is 4.57 Å². The summed E-state index contributed by atoms with van der Waals surface area (Å²) in [4.78, 5) is 11.0. The van der Waals surface area contributed by atoms with E-state index in [0.29, 0.717) is 24.0 Å². The number of phosphoric ester groups is 1. The van der Waals surface area contributed by atoms with Gasteiger partial charge in [0.1, 0.15) is 17.1 Å². The van der Waals surface area contributed by atoms with Crippen LogP contribution in [0.4, 0.5) is 0 Å². The molecule has 1 aliphatic heterocycles. The third-order valence-electron chi connectivity index (χ3n) is 7.93. The Kier molecular flexibility index (Phi) is 5.99. The number of rotatable bonds is 7. The van der Waals surface area contributed by atoms with E-state index in [1.165, 1.54) is 5.56 Å². The molecule has 1 N–H and O–H groups in total. The Labute approximate surface area is 213 Å². The Morgan fingerprint density at radius 2 is 1.69 bits per heavy atom. The fourth-order valence-electron chi connectivity index (χ4n) is 6.23. The molecule has 5 nitrogen and oxygen atoms in total. The van der Waals surface area contributed by atoms with Crippen molar-refractivity contribution in [2.24, 2.45) is 0 Å². The van der Waals surface area contributed by atoms with Crippen LogP contribution in [0.25, 0.3) is 0 Å². The van der Waals surface area contributed by atoms with Gasteiger partial charge in [0.2, 0.25) is 0 Å². The first-order valence-electron chi connectivity index (χ1n) is 13.0. The quantitative estimate of drug-likeness (QED) is 0.335. The molecule has 3 aromatic rings. The van der Waals surface area contributed by atoms with Gasteiger partial charge in [-0.15, -0.1) is 0 Å². The predicted molar refractivity (Wildman–Crippen MR) is 140 cm³/mol. The molecule has 4 unspecified atom stereocenters. The van der Waals surface area contributed by atoms with Gasteiger partial charge >= 0.3 is 7.82 Å². The van der Waals surface area contributed by atoms with Crippen molar-refractivity contribution >= 4 is 7.82 Å². The van der Waals surface area contributed by atoms with E-state index in [1.54, 1.807) is 0 Å². The molecule has 0 saturated heterocycles. The van der Waals surface area contributed by atoms with Gasteiger partial charge < -0.3 is 9.26 Å². The van der Waals surface area contributed by atoms with Crippen molar-refractivity contribution in [2.75, 3.05) is 0 Å². The average molecular weight is 505 g/mol. The second-order valence-corrected chi connectivity index (χ2v) is 12.3. The summed E-state index contributed by atoms with van der Waals surface area (Å²) in [5, 5.41) is 0. The summed E-state index contributed by atoms with van der Waals surface area (Å²) in [5.74, 6) is 2.26. The maximum absolute atomic E-state index is 13.5. The van der Waals surface area contributed by atoms with Crippen LogP contribution in [0.2, 0.25) is 0 Å². The Bertz CT molecular complexity index is 1300. The van der Waals surface area contributed by atoms with Crippen molar-refractivity contribution in [2.45, 2.75) is 75.9 Å². The van der Waals surface area contributed by atoms with E-state index in [-0.39, 0.29) is 5.60 Å². The molecule has 1 saturated carbocycles. The SMILES string of the molecule is CC1(C)CCc2cc(OP(=O)(O)OC(Cc3ccccc3)c3ccccc3)c3c(c2O1)C1CCC3C1. The molecule has 4 atom stereocenters. The van der Waals surface area contributed by atoms with Crippen LogP contribution in [0, 0.1) is 0 Å². The Balaban J connectivity index is 1.32. The van der Waals surface area contributed by atoms with Gasteiger partial charge in [0.05, 0.1) is 6.10 Å². The minimum atomic E-state index is -4.43. The van der Waals surface area contributed by atoms with Crippen molar-refractivity contribution in [1.82, 2.24) is 0 Å². The minimum Gasteiger partial charge on any atom is -0.487 e. The highest BCUT2D eigenvalue weighted by Crippen LogP contribution is 2.62. The van der Waals surface area contributed by atoms with Crippen LogP contribution in [-0.4, -0.2) is 10.5 Å². The highest BCUT2D eigenvalue weighted by molar-refractivity contribution is 7.47. The lowest BCUT2D eigenvalue weighted by atomic mass is 9.85. The van der Waals surface area contributed by atoms with E-state index in [9.17, 15) is 9.46 Å². The summed E-state index contributed by atoms with van der Waals surface area (Å²) in [6.07, 6.45) is 4.88. The second kappa shape index (κ2) is 9.06. The van der Waals surface area contributed by atoms with Crippen LogP contribution >= 0.6 is 7.82 Å². The molecule has 3 aromatic carbocycles. The molecule has 36 heavy (non-hydrogen) atoms. The summed E-state index contributed by atoms with van der Waals surface area (Å²) < 4.78 is 31.8. The standard InChI is InChI=1S/C30H33O5P/c1-30(2)16-15-24-19-26(27-22-13-14-23(18-22)28(27)29(24)33-30)35-36(31,32)34-25(21-11-7-4-8-12-21)17-20-9-5-3-6-10-20/h3-12,19,22-23,25H,13-18H2,1-2H3,(H,31,32). The van der Waals surface area contributed by atoms with Crippen LogP contribution < -0.4 is 9.26 Å². The van der Waals surface area contributed by atoms with Crippen LogP contribution in [0.3, 0.4) is 0 Å². The Morgan fingerprint density at radius 3 is 2.42 bits per heavy atom. The molecule has 2 bridgehead atoms. The highest BCUT2D eigenvalue weighted by atomic mass is 31.2. The van der Waals surface area contributed by atoms with Gasteiger partial charge in [0, 0.05) is 17.5 Å². The zero-order valence-corrected chi connectivity index (χ0v) is 21.7. The maximum atomic E-state index is 13.5. The van der Waals surface area contributed by atoms with Crippen molar-refractivity contribution < 1.29 is 23.2 Å². The summed E-state index contributed by atoms with van der Waals surface area (Å²) in [6, 6.07) is 21.4. The zero-order valence-electron chi connectivity index (χ0n) is 20.9. The third-order valence-corrected chi connectivity index (χ3v) is 8.88. The first-order valence-corrected chi connectivity index (χ1v) is 14.5. The van der Waals surface area contributed by atoms with Crippen LogP contribution in [0.15, 0.2) is 66.7 Å². The molecule has 0 amide bonds. The number of hydrogen-bond donors (Lipinski definition) is 1. The average Bonchev–Trinajstić information content (AvgIpc) is 3.48. The van der Waals surface area contributed by atoms with E-state index in [2.05, 4.69) is 13.8 Å². The molecule has 0 spiro atoms. The number of fused-ring (bicyclic) bond motifs is 7. The molecule has 6 rings (SSSR count). The third kappa shape index (κ3) is 4.61. The van der Waals surface area contributed by atoms with Gasteiger partial charge in [0.15, 0.2) is 0 Å². The lowest BCUT2D eigenvalue weighted by Crippen LogP contribution is -2.33. The summed E-state index contributed by atoms with van der Waals surface area (Å²) >= 11 is 0.